The third-order valence-electron chi connectivity index (χ3n) is 3.04. The minimum absolute atomic E-state index is 0.0706. The maximum Gasteiger partial charge on any atom is 0.259 e. The number of nitrogens with one attached hydrogen (secondary N) is 3. The first-order chi connectivity index (χ1) is 9.52. The van der Waals surface area contributed by atoms with Gasteiger partial charge in [-0.2, -0.15) is 0 Å². The highest BCUT2D eigenvalue weighted by atomic mass is 32.1. The molecule has 0 aliphatic rings. The van der Waals surface area contributed by atoms with Crippen molar-refractivity contribution < 1.29 is 4.79 Å². The second-order valence-electron chi connectivity index (χ2n) is 4.53. The number of hydrogen-bond donors (Lipinski definition) is 3. The summed E-state index contributed by atoms with van der Waals surface area (Å²) in [5, 5.41) is 6.32. The molecule has 1 amide bonds. The summed E-state index contributed by atoms with van der Waals surface area (Å²) in [5.41, 5.74) is 0.868. The molecule has 0 fully saturated rings. The number of aromatic nitrogens is 2. The Morgan fingerprint density at radius 3 is 2.85 bits per heavy atom. The van der Waals surface area contributed by atoms with Crippen LogP contribution in [0.25, 0.3) is 10.2 Å². The minimum Gasteiger partial charge on any atom is -0.355 e. The van der Waals surface area contributed by atoms with Crippen molar-refractivity contribution in [2.24, 2.45) is 0 Å². The fraction of sp³-hybridized carbons (Fsp3) is 0.462. The predicted octanol–water partition coefficient (Wildman–Crippen LogP) is 0.827. The summed E-state index contributed by atoms with van der Waals surface area (Å²) in [6.07, 6.45) is 0. The molecule has 3 N–H and O–H groups in total. The largest absolute Gasteiger partial charge is 0.355 e. The summed E-state index contributed by atoms with van der Waals surface area (Å²) >= 11 is 1.52. The zero-order valence-electron chi connectivity index (χ0n) is 11.8. The lowest BCUT2D eigenvalue weighted by molar-refractivity contribution is -0.120. The summed E-state index contributed by atoms with van der Waals surface area (Å²) < 4.78 is 0. The number of fused-ring (bicyclic) bond motifs is 1. The van der Waals surface area contributed by atoms with Crippen LogP contribution in [0, 0.1) is 13.8 Å². The number of hydrogen-bond acceptors (Lipinski definition) is 5. The zero-order chi connectivity index (χ0) is 14.7. The first-order valence-corrected chi connectivity index (χ1v) is 7.31. The second-order valence-corrected chi connectivity index (χ2v) is 5.74. The van der Waals surface area contributed by atoms with E-state index in [4.69, 9.17) is 0 Å². The van der Waals surface area contributed by atoms with E-state index in [-0.39, 0.29) is 18.0 Å². The van der Waals surface area contributed by atoms with Crippen LogP contribution in [-0.4, -0.2) is 29.0 Å². The van der Waals surface area contributed by atoms with Gasteiger partial charge in [-0.25, -0.2) is 4.98 Å². The molecule has 0 aliphatic carbocycles. The molecule has 2 rings (SSSR count). The lowest BCUT2D eigenvalue weighted by Crippen LogP contribution is -2.33. The Kier molecular flexibility index (Phi) is 4.51. The Labute approximate surface area is 120 Å². The number of carbonyl (C=O) groups is 1. The van der Waals surface area contributed by atoms with Crippen LogP contribution in [0.5, 0.6) is 0 Å². The van der Waals surface area contributed by atoms with Crippen molar-refractivity contribution in [1.29, 1.82) is 0 Å². The van der Waals surface area contributed by atoms with E-state index in [0.717, 1.165) is 15.3 Å². The average Bonchev–Trinajstić information content (AvgIpc) is 2.65. The Morgan fingerprint density at radius 1 is 1.40 bits per heavy atom. The third kappa shape index (κ3) is 3.05. The minimum atomic E-state index is -0.119. The molecule has 7 heteroatoms. The van der Waals surface area contributed by atoms with Crippen molar-refractivity contribution in [2.75, 3.05) is 13.1 Å². The van der Waals surface area contributed by atoms with E-state index >= 15 is 0 Å². The van der Waals surface area contributed by atoms with E-state index in [2.05, 4.69) is 20.6 Å². The van der Waals surface area contributed by atoms with Gasteiger partial charge in [0, 0.05) is 11.4 Å². The highest BCUT2D eigenvalue weighted by Gasteiger charge is 2.11. The normalized spacial score (nSPS) is 10.9. The number of thiophene rings is 1. The zero-order valence-corrected chi connectivity index (χ0v) is 12.6. The summed E-state index contributed by atoms with van der Waals surface area (Å²) in [6, 6.07) is 0. The van der Waals surface area contributed by atoms with Gasteiger partial charge in [0.2, 0.25) is 5.91 Å². The molecular formula is C13H18N4O2S. The van der Waals surface area contributed by atoms with Gasteiger partial charge in [0.15, 0.2) is 0 Å². The maximum atomic E-state index is 12.0. The van der Waals surface area contributed by atoms with Crippen LogP contribution in [0.4, 0.5) is 0 Å². The summed E-state index contributed by atoms with van der Waals surface area (Å²) in [4.78, 5) is 32.4. The fourth-order valence-electron chi connectivity index (χ4n) is 1.94. The molecule has 0 spiro atoms. The van der Waals surface area contributed by atoms with Crippen molar-refractivity contribution in [3.8, 4) is 0 Å². The van der Waals surface area contributed by atoms with Crippen LogP contribution in [0.1, 0.15) is 23.2 Å². The number of aromatic amines is 1. The number of H-pyrrole nitrogens is 1. The molecule has 2 aromatic rings. The van der Waals surface area contributed by atoms with Gasteiger partial charge in [-0.05, 0) is 26.3 Å². The maximum absolute atomic E-state index is 12.0. The van der Waals surface area contributed by atoms with Crippen molar-refractivity contribution >= 4 is 27.5 Å². The van der Waals surface area contributed by atoms with Crippen LogP contribution in [-0.2, 0) is 11.3 Å². The topological polar surface area (TPSA) is 86.9 Å². The molecule has 2 aromatic heterocycles. The molecule has 0 bridgehead atoms. The SMILES string of the molecule is CCNC(=O)CNCc1nc2sc(C)c(C)c2c(=O)[nH]1. The lowest BCUT2D eigenvalue weighted by Gasteiger charge is -2.04. The van der Waals surface area contributed by atoms with Gasteiger partial charge in [-0.15, -0.1) is 11.3 Å². The molecule has 2 heterocycles. The van der Waals surface area contributed by atoms with Crippen LogP contribution in [0.2, 0.25) is 0 Å². The van der Waals surface area contributed by atoms with Gasteiger partial charge in [0.1, 0.15) is 10.7 Å². The van der Waals surface area contributed by atoms with E-state index in [1.165, 1.54) is 11.3 Å². The molecule has 0 saturated carbocycles. The monoisotopic (exact) mass is 294 g/mol. The van der Waals surface area contributed by atoms with Crippen molar-refractivity contribution in [3.63, 3.8) is 0 Å². The summed E-state index contributed by atoms with van der Waals surface area (Å²) in [6.45, 7) is 6.95. The van der Waals surface area contributed by atoms with E-state index in [1.54, 1.807) is 0 Å². The van der Waals surface area contributed by atoms with Crippen molar-refractivity contribution in [3.05, 3.63) is 26.6 Å². The average molecular weight is 294 g/mol. The predicted molar refractivity (Wildman–Crippen MR) is 80.1 cm³/mol. The molecule has 0 aromatic carbocycles. The van der Waals surface area contributed by atoms with Crippen LogP contribution >= 0.6 is 11.3 Å². The molecular weight excluding hydrogens is 276 g/mol. The molecule has 108 valence electrons. The molecule has 6 nitrogen and oxygen atoms in total. The van der Waals surface area contributed by atoms with Gasteiger partial charge >= 0.3 is 0 Å². The van der Waals surface area contributed by atoms with Gasteiger partial charge in [-0.1, -0.05) is 0 Å². The van der Waals surface area contributed by atoms with E-state index in [1.807, 2.05) is 20.8 Å². The van der Waals surface area contributed by atoms with Gasteiger partial charge in [0.25, 0.3) is 5.56 Å². The molecule has 0 saturated heterocycles. The van der Waals surface area contributed by atoms with Gasteiger partial charge in [0.05, 0.1) is 18.5 Å². The number of carbonyl (C=O) groups excluding carboxylic acids is 1. The Bertz CT molecular complexity index is 689. The van der Waals surface area contributed by atoms with E-state index in [9.17, 15) is 9.59 Å². The van der Waals surface area contributed by atoms with Crippen LogP contribution in [0.15, 0.2) is 4.79 Å². The molecule has 0 unspecified atom stereocenters. The molecule has 0 radical (unpaired) electrons. The van der Waals surface area contributed by atoms with E-state index in [0.29, 0.717) is 24.3 Å². The molecule has 0 aliphatic heterocycles. The fourth-order valence-corrected chi connectivity index (χ4v) is 2.99. The molecule has 20 heavy (non-hydrogen) atoms. The van der Waals surface area contributed by atoms with E-state index < -0.39 is 0 Å². The second kappa shape index (κ2) is 6.15. The lowest BCUT2D eigenvalue weighted by atomic mass is 10.2. The molecule has 0 atom stereocenters. The first-order valence-electron chi connectivity index (χ1n) is 6.49. The number of aryl methyl sites for hydroxylation is 2. The van der Waals surface area contributed by atoms with Crippen LogP contribution in [0.3, 0.4) is 0 Å². The Hall–Kier alpha value is -1.73. The smallest absolute Gasteiger partial charge is 0.259 e. The van der Waals surface area contributed by atoms with Crippen LogP contribution < -0.4 is 16.2 Å². The van der Waals surface area contributed by atoms with Crippen molar-refractivity contribution in [1.82, 2.24) is 20.6 Å². The quantitative estimate of drug-likeness (QED) is 0.762. The number of likely N-dealkylation sites (N-methyl/N-ethyl adjacent to an activating group) is 1. The highest BCUT2D eigenvalue weighted by molar-refractivity contribution is 7.18. The number of amides is 1. The van der Waals surface area contributed by atoms with Gasteiger partial charge < -0.3 is 15.6 Å². The standard InChI is InChI=1S/C13H18N4O2S/c1-4-15-10(18)6-14-5-9-16-12(19)11-7(2)8(3)20-13(11)17-9/h14H,4-6H2,1-3H3,(H,15,18)(H,16,17,19). The summed E-state index contributed by atoms with van der Waals surface area (Å²) in [7, 11) is 0. The first kappa shape index (κ1) is 14.7. The summed E-state index contributed by atoms with van der Waals surface area (Å²) in [5.74, 6) is 0.479. The Balaban J connectivity index is 2.12. The third-order valence-corrected chi connectivity index (χ3v) is 4.14. The van der Waals surface area contributed by atoms with Gasteiger partial charge in [-0.3, -0.25) is 9.59 Å². The number of rotatable bonds is 5. The highest BCUT2D eigenvalue weighted by Crippen LogP contribution is 2.25. The Morgan fingerprint density at radius 2 is 2.15 bits per heavy atom. The van der Waals surface area contributed by atoms with Crippen molar-refractivity contribution in [2.45, 2.75) is 27.3 Å². The number of nitrogens with zero attached hydrogens (tertiary/aromatic N) is 1.